The molecule has 0 N–H and O–H groups in total. The Hall–Kier alpha value is -1.77. The second-order valence-electron chi connectivity index (χ2n) is 6.03. The highest BCUT2D eigenvalue weighted by Crippen LogP contribution is 2.33. The van der Waals surface area contributed by atoms with E-state index in [9.17, 15) is 4.39 Å². The van der Waals surface area contributed by atoms with E-state index in [-0.39, 0.29) is 29.0 Å². The SMILES string of the molecule is Fc1c(Cl)ncnc1OC1C2COCC1CN(c1ncc(Cl)cn1)C2. The minimum absolute atomic E-state index is 0.0277. The number of hydrogen-bond donors (Lipinski definition) is 0. The third kappa shape index (κ3) is 3.33. The Morgan fingerprint density at radius 1 is 1.08 bits per heavy atom. The Bertz CT molecular complexity index is 752. The van der Waals surface area contributed by atoms with Crippen molar-refractivity contribution in [2.75, 3.05) is 31.2 Å². The Balaban J connectivity index is 1.54. The van der Waals surface area contributed by atoms with Gasteiger partial charge in [0.1, 0.15) is 12.4 Å². The van der Waals surface area contributed by atoms with Crippen LogP contribution < -0.4 is 9.64 Å². The zero-order valence-electron chi connectivity index (χ0n) is 13.0. The van der Waals surface area contributed by atoms with Crippen molar-refractivity contribution >= 4 is 29.2 Å². The summed E-state index contributed by atoms with van der Waals surface area (Å²) >= 11 is 11.5. The lowest BCUT2D eigenvalue weighted by molar-refractivity contribution is -0.0781. The van der Waals surface area contributed by atoms with Gasteiger partial charge >= 0.3 is 0 Å². The molecule has 2 bridgehead atoms. The summed E-state index contributed by atoms with van der Waals surface area (Å²) in [5.74, 6) is -0.208. The standard InChI is InChI=1S/C15H14Cl2FN5O2/c16-10-1-19-15(20-2-10)23-3-8-5-24-6-9(4-23)12(8)25-14-11(18)13(17)21-7-22-14/h1-2,7-9,12H,3-6H2. The maximum absolute atomic E-state index is 14.1. The van der Waals surface area contributed by atoms with Gasteiger partial charge in [-0.1, -0.05) is 23.2 Å². The second-order valence-corrected chi connectivity index (χ2v) is 6.82. The zero-order valence-corrected chi connectivity index (χ0v) is 14.5. The largest absolute Gasteiger partial charge is 0.471 e. The van der Waals surface area contributed by atoms with E-state index >= 15 is 0 Å². The van der Waals surface area contributed by atoms with Crippen LogP contribution in [-0.2, 0) is 4.74 Å². The molecule has 10 heteroatoms. The quantitative estimate of drug-likeness (QED) is 0.750. The maximum Gasteiger partial charge on any atom is 0.255 e. The molecular formula is C15H14Cl2FN5O2. The maximum atomic E-state index is 14.1. The highest BCUT2D eigenvalue weighted by molar-refractivity contribution is 6.30. The Morgan fingerprint density at radius 2 is 1.76 bits per heavy atom. The van der Waals surface area contributed by atoms with Crippen LogP contribution in [0.2, 0.25) is 10.2 Å². The predicted octanol–water partition coefficient (Wildman–Crippen LogP) is 2.24. The molecule has 0 aromatic carbocycles. The van der Waals surface area contributed by atoms with Crippen LogP contribution in [0.15, 0.2) is 18.7 Å². The van der Waals surface area contributed by atoms with E-state index in [4.69, 9.17) is 32.7 Å². The first-order valence-corrected chi connectivity index (χ1v) is 8.50. The van der Waals surface area contributed by atoms with Gasteiger partial charge in [-0.25, -0.2) is 15.0 Å². The van der Waals surface area contributed by atoms with E-state index in [1.165, 1.54) is 6.33 Å². The lowest BCUT2D eigenvalue weighted by atomic mass is 9.84. The van der Waals surface area contributed by atoms with E-state index in [1.807, 2.05) is 0 Å². The summed E-state index contributed by atoms with van der Waals surface area (Å²) in [6.07, 6.45) is 4.09. The molecular weight excluding hydrogens is 372 g/mol. The van der Waals surface area contributed by atoms with Gasteiger partial charge in [-0.15, -0.1) is 0 Å². The van der Waals surface area contributed by atoms with Gasteiger partial charge in [-0.2, -0.15) is 9.37 Å². The van der Waals surface area contributed by atoms with Crippen LogP contribution in [0.4, 0.5) is 10.3 Å². The van der Waals surface area contributed by atoms with Crippen LogP contribution >= 0.6 is 23.2 Å². The topological polar surface area (TPSA) is 73.3 Å². The molecule has 4 rings (SSSR count). The van der Waals surface area contributed by atoms with E-state index in [1.54, 1.807) is 12.4 Å². The van der Waals surface area contributed by atoms with Gasteiger partial charge in [0.2, 0.25) is 11.8 Å². The number of rotatable bonds is 3. The van der Waals surface area contributed by atoms with Crippen LogP contribution in [0.25, 0.3) is 0 Å². The fourth-order valence-electron chi connectivity index (χ4n) is 3.27. The van der Waals surface area contributed by atoms with Gasteiger partial charge in [0, 0.05) is 24.9 Å². The van der Waals surface area contributed by atoms with Gasteiger partial charge in [-0.05, 0) is 0 Å². The summed E-state index contributed by atoms with van der Waals surface area (Å²) < 4.78 is 25.6. The summed E-state index contributed by atoms with van der Waals surface area (Å²) in [4.78, 5) is 18.1. The summed E-state index contributed by atoms with van der Waals surface area (Å²) in [5.41, 5.74) is 0. The molecule has 2 aromatic heterocycles. The van der Waals surface area contributed by atoms with E-state index in [2.05, 4.69) is 24.8 Å². The monoisotopic (exact) mass is 385 g/mol. The van der Waals surface area contributed by atoms with Crippen LogP contribution in [0.1, 0.15) is 0 Å². The number of anilines is 1. The zero-order chi connectivity index (χ0) is 17.4. The van der Waals surface area contributed by atoms with Crippen molar-refractivity contribution in [1.29, 1.82) is 0 Å². The first-order chi connectivity index (χ1) is 12.1. The number of fused-ring (bicyclic) bond motifs is 2. The Kier molecular flexibility index (Phi) is 4.58. The van der Waals surface area contributed by atoms with Crippen LogP contribution in [0.5, 0.6) is 5.88 Å². The first-order valence-electron chi connectivity index (χ1n) is 7.74. The molecule has 0 aliphatic carbocycles. The minimum atomic E-state index is -0.744. The summed E-state index contributed by atoms with van der Waals surface area (Å²) in [6.45, 7) is 2.27. The van der Waals surface area contributed by atoms with Crippen molar-refractivity contribution in [2.24, 2.45) is 11.8 Å². The number of halogens is 3. The van der Waals surface area contributed by atoms with Crippen molar-refractivity contribution in [3.8, 4) is 5.88 Å². The van der Waals surface area contributed by atoms with Gasteiger partial charge in [0.25, 0.3) is 5.88 Å². The molecule has 0 saturated carbocycles. The smallest absolute Gasteiger partial charge is 0.255 e. The molecule has 2 fully saturated rings. The molecule has 2 atom stereocenters. The van der Waals surface area contributed by atoms with Crippen molar-refractivity contribution in [2.45, 2.75) is 6.10 Å². The number of aromatic nitrogens is 4. The molecule has 2 aliphatic heterocycles. The van der Waals surface area contributed by atoms with Crippen LogP contribution in [-0.4, -0.2) is 52.3 Å². The number of ether oxygens (including phenoxy) is 2. The van der Waals surface area contributed by atoms with Crippen molar-refractivity contribution in [3.63, 3.8) is 0 Å². The Labute approximate surface area is 153 Å². The van der Waals surface area contributed by atoms with Gasteiger partial charge in [0.15, 0.2) is 5.15 Å². The highest BCUT2D eigenvalue weighted by atomic mass is 35.5. The highest BCUT2D eigenvalue weighted by Gasteiger charge is 2.43. The molecule has 0 radical (unpaired) electrons. The third-order valence-corrected chi connectivity index (χ3v) is 4.81. The average Bonchev–Trinajstić information content (AvgIpc) is 2.59. The summed E-state index contributed by atoms with van der Waals surface area (Å²) in [5, 5.41) is 0.236. The van der Waals surface area contributed by atoms with Crippen molar-refractivity contribution in [1.82, 2.24) is 19.9 Å². The molecule has 25 heavy (non-hydrogen) atoms. The molecule has 4 heterocycles. The number of nitrogens with zero attached hydrogens (tertiary/aromatic N) is 5. The van der Waals surface area contributed by atoms with Crippen LogP contribution in [0.3, 0.4) is 0 Å². The number of piperidine rings is 1. The second kappa shape index (κ2) is 6.86. The Morgan fingerprint density at radius 3 is 2.44 bits per heavy atom. The van der Waals surface area contributed by atoms with E-state index in [0.717, 1.165) is 0 Å². The lowest BCUT2D eigenvalue weighted by Crippen LogP contribution is -2.58. The average molecular weight is 386 g/mol. The third-order valence-electron chi connectivity index (χ3n) is 4.36. The van der Waals surface area contributed by atoms with E-state index in [0.29, 0.717) is 37.3 Å². The van der Waals surface area contributed by atoms with Crippen molar-refractivity contribution in [3.05, 3.63) is 34.7 Å². The van der Waals surface area contributed by atoms with Gasteiger partial charge in [-0.3, -0.25) is 0 Å². The van der Waals surface area contributed by atoms with E-state index < -0.39 is 5.82 Å². The predicted molar refractivity (Wildman–Crippen MR) is 88.5 cm³/mol. The first kappa shape index (κ1) is 16.7. The van der Waals surface area contributed by atoms with Crippen molar-refractivity contribution < 1.29 is 13.9 Å². The molecule has 2 aromatic rings. The normalized spacial score (nSPS) is 25.7. The molecule has 7 nitrogen and oxygen atoms in total. The molecule has 2 unspecified atom stereocenters. The molecule has 132 valence electrons. The lowest BCUT2D eigenvalue weighted by Gasteiger charge is -2.46. The molecule has 0 spiro atoms. The number of hydrogen-bond acceptors (Lipinski definition) is 7. The summed E-state index contributed by atoms with van der Waals surface area (Å²) in [7, 11) is 0. The minimum Gasteiger partial charge on any atom is -0.471 e. The molecule has 2 aliphatic rings. The molecule has 0 amide bonds. The van der Waals surface area contributed by atoms with Gasteiger partial charge in [0.05, 0.1) is 30.6 Å². The fourth-order valence-corrected chi connectivity index (χ4v) is 3.49. The molecule has 2 saturated heterocycles. The van der Waals surface area contributed by atoms with Crippen LogP contribution in [0, 0.1) is 17.7 Å². The fraction of sp³-hybridized carbons (Fsp3) is 0.467. The van der Waals surface area contributed by atoms with Gasteiger partial charge < -0.3 is 14.4 Å². The summed E-state index contributed by atoms with van der Waals surface area (Å²) in [6, 6.07) is 0.